The Hall–Kier alpha value is -2.74. The fourth-order valence-electron chi connectivity index (χ4n) is 3.21. The number of hydrogen-bond acceptors (Lipinski definition) is 5. The predicted octanol–water partition coefficient (Wildman–Crippen LogP) is 4.93. The Morgan fingerprint density at radius 1 is 1.13 bits per heavy atom. The van der Waals surface area contributed by atoms with E-state index in [9.17, 15) is 9.59 Å². The molecule has 2 heterocycles. The minimum atomic E-state index is -0.566. The normalized spacial score (nSPS) is 12.4. The average Bonchev–Trinajstić information content (AvgIpc) is 3.16. The topological polar surface area (TPSA) is 86.1 Å². The molecule has 0 aliphatic carbocycles. The van der Waals surface area contributed by atoms with Crippen LogP contribution < -0.4 is 5.32 Å². The molecular weight excluding hydrogens is 460 g/mol. The van der Waals surface area contributed by atoms with Crippen LogP contribution in [-0.4, -0.2) is 33.2 Å². The van der Waals surface area contributed by atoms with Crippen LogP contribution in [0.15, 0.2) is 41.0 Å². The van der Waals surface area contributed by atoms with E-state index in [0.717, 1.165) is 15.7 Å². The first kappa shape index (κ1) is 22.9. The summed E-state index contributed by atoms with van der Waals surface area (Å²) in [5.41, 5.74) is 2.74. The van der Waals surface area contributed by atoms with E-state index in [-0.39, 0.29) is 30.5 Å². The SMILES string of the molecule is CC(C)c1cc(C(=O)OCC(=O)NC(C)c2ccc(Br)cc2)c2cnn(C(C)C)c2n1. The van der Waals surface area contributed by atoms with E-state index in [0.29, 0.717) is 16.6 Å². The van der Waals surface area contributed by atoms with Crippen LogP contribution in [0.5, 0.6) is 0 Å². The van der Waals surface area contributed by atoms with Gasteiger partial charge in [-0.05, 0) is 50.5 Å². The number of nitrogens with zero attached hydrogens (tertiary/aromatic N) is 3. The minimum Gasteiger partial charge on any atom is -0.452 e. The van der Waals surface area contributed by atoms with E-state index < -0.39 is 5.97 Å². The molecule has 0 fully saturated rings. The van der Waals surface area contributed by atoms with E-state index in [1.165, 1.54) is 0 Å². The summed E-state index contributed by atoms with van der Waals surface area (Å²) in [7, 11) is 0. The Morgan fingerprint density at radius 2 is 1.81 bits per heavy atom. The monoisotopic (exact) mass is 486 g/mol. The number of hydrogen-bond donors (Lipinski definition) is 1. The zero-order valence-electron chi connectivity index (χ0n) is 18.3. The Morgan fingerprint density at radius 3 is 2.42 bits per heavy atom. The van der Waals surface area contributed by atoms with E-state index in [2.05, 4.69) is 31.3 Å². The first-order valence-corrected chi connectivity index (χ1v) is 11.1. The molecule has 8 heteroatoms. The molecule has 2 aromatic heterocycles. The Kier molecular flexibility index (Phi) is 7.10. The van der Waals surface area contributed by atoms with Crippen molar-refractivity contribution in [2.24, 2.45) is 0 Å². The molecule has 0 spiro atoms. The maximum atomic E-state index is 12.8. The molecule has 0 aliphatic rings. The second-order valence-electron chi connectivity index (χ2n) is 8.09. The maximum Gasteiger partial charge on any atom is 0.339 e. The number of ether oxygens (including phenoxy) is 1. The molecule has 1 amide bonds. The zero-order valence-corrected chi connectivity index (χ0v) is 19.9. The number of amides is 1. The molecule has 3 rings (SSSR count). The molecule has 1 N–H and O–H groups in total. The van der Waals surface area contributed by atoms with E-state index in [4.69, 9.17) is 4.74 Å². The lowest BCUT2D eigenvalue weighted by molar-refractivity contribution is -0.124. The highest BCUT2D eigenvalue weighted by Gasteiger charge is 2.21. The van der Waals surface area contributed by atoms with E-state index in [1.807, 2.05) is 58.9 Å². The molecule has 0 radical (unpaired) electrons. The van der Waals surface area contributed by atoms with Crippen molar-refractivity contribution < 1.29 is 14.3 Å². The van der Waals surface area contributed by atoms with Gasteiger partial charge in [0.05, 0.1) is 23.2 Å². The predicted molar refractivity (Wildman–Crippen MR) is 123 cm³/mol. The number of pyridine rings is 1. The summed E-state index contributed by atoms with van der Waals surface area (Å²) < 4.78 is 8.08. The van der Waals surface area contributed by atoms with Gasteiger partial charge in [0, 0.05) is 16.2 Å². The lowest BCUT2D eigenvalue weighted by Crippen LogP contribution is -2.31. The smallest absolute Gasteiger partial charge is 0.339 e. The number of carbonyl (C=O) groups excluding carboxylic acids is 2. The van der Waals surface area contributed by atoms with Crippen LogP contribution >= 0.6 is 15.9 Å². The Balaban J connectivity index is 1.74. The van der Waals surface area contributed by atoms with Gasteiger partial charge >= 0.3 is 5.97 Å². The first-order valence-electron chi connectivity index (χ1n) is 10.3. The number of nitrogens with one attached hydrogen (secondary N) is 1. The average molecular weight is 487 g/mol. The summed E-state index contributed by atoms with van der Waals surface area (Å²) >= 11 is 3.39. The van der Waals surface area contributed by atoms with Crippen LogP contribution in [0, 0.1) is 0 Å². The van der Waals surface area contributed by atoms with Crippen molar-refractivity contribution in [1.29, 1.82) is 0 Å². The van der Waals surface area contributed by atoms with Gasteiger partial charge in [-0.1, -0.05) is 41.9 Å². The zero-order chi connectivity index (χ0) is 22.7. The van der Waals surface area contributed by atoms with Gasteiger partial charge in [0.2, 0.25) is 0 Å². The Labute approximate surface area is 190 Å². The highest BCUT2D eigenvalue weighted by atomic mass is 79.9. The van der Waals surface area contributed by atoms with Gasteiger partial charge in [-0.15, -0.1) is 0 Å². The van der Waals surface area contributed by atoms with Crippen LogP contribution in [0.1, 0.15) is 74.2 Å². The molecule has 0 saturated carbocycles. The molecule has 31 heavy (non-hydrogen) atoms. The molecule has 164 valence electrons. The largest absolute Gasteiger partial charge is 0.452 e. The molecule has 0 bridgehead atoms. The summed E-state index contributed by atoms with van der Waals surface area (Å²) in [6.07, 6.45) is 1.62. The molecule has 1 atom stereocenters. The second-order valence-corrected chi connectivity index (χ2v) is 9.00. The molecule has 0 aliphatic heterocycles. The number of carbonyl (C=O) groups is 2. The van der Waals surface area contributed by atoms with Crippen LogP contribution in [0.25, 0.3) is 11.0 Å². The van der Waals surface area contributed by atoms with Crippen molar-refractivity contribution in [3.8, 4) is 0 Å². The van der Waals surface area contributed by atoms with Gasteiger partial charge in [0.15, 0.2) is 12.3 Å². The number of benzene rings is 1. The number of fused-ring (bicyclic) bond motifs is 1. The van der Waals surface area contributed by atoms with Crippen LogP contribution in [0.2, 0.25) is 0 Å². The highest BCUT2D eigenvalue weighted by molar-refractivity contribution is 9.10. The standard InChI is InChI=1S/C23H27BrN4O3/c1-13(2)20-10-18(19-11-25-28(14(3)4)22(19)27-20)23(30)31-12-21(29)26-15(5)16-6-8-17(24)9-7-16/h6-11,13-15H,12H2,1-5H3,(H,26,29). The number of rotatable bonds is 7. The van der Waals surface area contributed by atoms with Gasteiger partial charge in [-0.2, -0.15) is 5.10 Å². The van der Waals surface area contributed by atoms with Crippen molar-refractivity contribution in [1.82, 2.24) is 20.1 Å². The summed E-state index contributed by atoms with van der Waals surface area (Å²) in [5.74, 6) is -0.804. The van der Waals surface area contributed by atoms with Gasteiger partial charge in [0.1, 0.15) is 0 Å². The molecule has 1 unspecified atom stereocenters. The third-order valence-electron chi connectivity index (χ3n) is 4.97. The van der Waals surface area contributed by atoms with Crippen LogP contribution in [0.3, 0.4) is 0 Å². The highest BCUT2D eigenvalue weighted by Crippen LogP contribution is 2.25. The summed E-state index contributed by atoms with van der Waals surface area (Å²) in [4.78, 5) is 29.9. The third kappa shape index (κ3) is 5.31. The lowest BCUT2D eigenvalue weighted by Gasteiger charge is -2.15. The van der Waals surface area contributed by atoms with Crippen LogP contribution in [-0.2, 0) is 9.53 Å². The van der Waals surface area contributed by atoms with Gasteiger partial charge in [-0.3, -0.25) is 4.79 Å². The van der Waals surface area contributed by atoms with Crippen LogP contribution in [0.4, 0.5) is 0 Å². The molecule has 7 nitrogen and oxygen atoms in total. The molecule has 0 saturated heterocycles. The summed E-state index contributed by atoms with van der Waals surface area (Å²) in [6.45, 7) is 9.55. The van der Waals surface area contributed by atoms with Gasteiger partial charge < -0.3 is 10.1 Å². The first-order chi connectivity index (χ1) is 14.7. The van der Waals surface area contributed by atoms with Gasteiger partial charge in [-0.25, -0.2) is 14.5 Å². The second kappa shape index (κ2) is 9.60. The fraction of sp³-hybridized carbons (Fsp3) is 0.391. The molecule has 1 aromatic carbocycles. The van der Waals surface area contributed by atoms with Crippen molar-refractivity contribution in [3.63, 3.8) is 0 Å². The lowest BCUT2D eigenvalue weighted by atomic mass is 10.1. The summed E-state index contributed by atoms with van der Waals surface area (Å²) in [5, 5.41) is 7.84. The fourth-order valence-corrected chi connectivity index (χ4v) is 3.47. The van der Waals surface area contributed by atoms with Gasteiger partial charge in [0.25, 0.3) is 5.91 Å². The number of aromatic nitrogens is 3. The number of esters is 1. The third-order valence-corrected chi connectivity index (χ3v) is 5.50. The van der Waals surface area contributed by atoms with E-state index in [1.54, 1.807) is 16.9 Å². The quantitative estimate of drug-likeness (QED) is 0.478. The Bertz CT molecular complexity index is 1090. The molecule has 3 aromatic rings. The van der Waals surface area contributed by atoms with Crippen molar-refractivity contribution >= 4 is 38.8 Å². The summed E-state index contributed by atoms with van der Waals surface area (Å²) in [6, 6.07) is 9.30. The molecular formula is C23H27BrN4O3. The van der Waals surface area contributed by atoms with Crippen molar-refractivity contribution in [3.05, 3.63) is 57.8 Å². The minimum absolute atomic E-state index is 0.0992. The number of halogens is 1. The van der Waals surface area contributed by atoms with Crippen molar-refractivity contribution in [2.75, 3.05) is 6.61 Å². The van der Waals surface area contributed by atoms with E-state index >= 15 is 0 Å². The maximum absolute atomic E-state index is 12.8. The van der Waals surface area contributed by atoms with Crippen molar-refractivity contribution in [2.45, 2.75) is 52.6 Å².